The van der Waals surface area contributed by atoms with Gasteiger partial charge in [0.05, 0.1) is 11.8 Å². The summed E-state index contributed by atoms with van der Waals surface area (Å²) in [5.74, 6) is 1.87. The molecule has 1 heterocycles. The predicted octanol–water partition coefficient (Wildman–Crippen LogP) is 4.24. The molecule has 2 rings (SSSR count). The zero-order chi connectivity index (χ0) is 15.2. The molecule has 0 radical (unpaired) electrons. The maximum absolute atomic E-state index is 6.26. The molecule has 1 aliphatic carbocycles. The number of aromatic nitrogens is 1. The molecule has 0 bridgehead atoms. The second-order valence-corrected chi connectivity index (χ2v) is 6.60. The Morgan fingerprint density at radius 1 is 1.24 bits per heavy atom. The number of ether oxygens (including phenoxy) is 1. The number of nitrogens with zero attached hydrogens (tertiary/aromatic N) is 1. The van der Waals surface area contributed by atoms with Gasteiger partial charge in [0.1, 0.15) is 5.75 Å². The van der Waals surface area contributed by atoms with Gasteiger partial charge < -0.3 is 10.1 Å². The lowest BCUT2D eigenvalue weighted by Crippen LogP contribution is -2.26. The fourth-order valence-electron chi connectivity index (χ4n) is 2.97. The van der Waals surface area contributed by atoms with Crippen molar-refractivity contribution in [1.29, 1.82) is 0 Å². The largest absolute Gasteiger partial charge is 0.488 e. The second-order valence-electron chi connectivity index (χ2n) is 6.60. The standard InChI is InChI=1S/C18H30N2O/c1-5-15-7-9-16(10-8-15)21-18-11-6-14(4)20-17(18)12-19-13(2)3/h6,11,13,15-16,19H,5,7-10,12H2,1-4H3. The van der Waals surface area contributed by atoms with E-state index >= 15 is 0 Å². The van der Waals surface area contributed by atoms with E-state index in [4.69, 9.17) is 4.74 Å². The highest BCUT2D eigenvalue weighted by Crippen LogP contribution is 2.30. The van der Waals surface area contributed by atoms with Crippen LogP contribution < -0.4 is 10.1 Å². The van der Waals surface area contributed by atoms with Crippen molar-refractivity contribution in [1.82, 2.24) is 10.3 Å². The molecule has 1 saturated carbocycles. The van der Waals surface area contributed by atoms with Crippen LogP contribution in [0, 0.1) is 12.8 Å². The van der Waals surface area contributed by atoms with E-state index in [9.17, 15) is 0 Å². The fraction of sp³-hybridized carbons (Fsp3) is 0.722. The van der Waals surface area contributed by atoms with Crippen LogP contribution in [0.1, 0.15) is 64.3 Å². The SMILES string of the molecule is CCC1CCC(Oc2ccc(C)nc2CNC(C)C)CC1. The van der Waals surface area contributed by atoms with E-state index in [2.05, 4.69) is 37.1 Å². The molecule has 1 aromatic heterocycles. The Morgan fingerprint density at radius 3 is 2.57 bits per heavy atom. The number of hydrogen-bond donors (Lipinski definition) is 1. The van der Waals surface area contributed by atoms with Crippen molar-refractivity contribution in [2.75, 3.05) is 0 Å². The Hall–Kier alpha value is -1.09. The smallest absolute Gasteiger partial charge is 0.142 e. The zero-order valence-electron chi connectivity index (χ0n) is 14.0. The lowest BCUT2D eigenvalue weighted by Gasteiger charge is -2.29. The van der Waals surface area contributed by atoms with Crippen molar-refractivity contribution < 1.29 is 4.74 Å². The Morgan fingerprint density at radius 2 is 1.95 bits per heavy atom. The van der Waals surface area contributed by atoms with Crippen molar-refractivity contribution in [2.45, 2.75) is 78.5 Å². The summed E-state index contributed by atoms with van der Waals surface area (Å²) in [6, 6.07) is 4.59. The molecule has 0 unspecified atom stereocenters. The first-order valence-corrected chi connectivity index (χ1v) is 8.45. The summed E-state index contributed by atoms with van der Waals surface area (Å²) in [5, 5.41) is 3.44. The lowest BCUT2D eigenvalue weighted by atomic mass is 9.86. The fourth-order valence-corrected chi connectivity index (χ4v) is 2.97. The van der Waals surface area contributed by atoms with Gasteiger partial charge in [-0.2, -0.15) is 0 Å². The second kappa shape index (κ2) is 7.79. The van der Waals surface area contributed by atoms with Crippen LogP contribution >= 0.6 is 0 Å². The molecule has 0 saturated heterocycles. The molecule has 0 aliphatic heterocycles. The van der Waals surface area contributed by atoms with Crippen molar-refractivity contribution in [3.8, 4) is 5.75 Å². The van der Waals surface area contributed by atoms with Crippen LogP contribution in [0.15, 0.2) is 12.1 Å². The van der Waals surface area contributed by atoms with E-state index in [1.54, 1.807) is 0 Å². The minimum absolute atomic E-state index is 0.370. The normalized spacial score (nSPS) is 22.5. The van der Waals surface area contributed by atoms with Crippen LogP contribution in [0.25, 0.3) is 0 Å². The van der Waals surface area contributed by atoms with E-state index in [-0.39, 0.29) is 0 Å². The minimum Gasteiger partial charge on any atom is -0.488 e. The van der Waals surface area contributed by atoms with Gasteiger partial charge in [-0.25, -0.2) is 0 Å². The zero-order valence-corrected chi connectivity index (χ0v) is 14.0. The maximum Gasteiger partial charge on any atom is 0.142 e. The van der Waals surface area contributed by atoms with Gasteiger partial charge in [-0.05, 0) is 50.7 Å². The highest BCUT2D eigenvalue weighted by molar-refractivity contribution is 5.29. The van der Waals surface area contributed by atoms with Crippen molar-refractivity contribution in [2.24, 2.45) is 5.92 Å². The van der Waals surface area contributed by atoms with Gasteiger partial charge in [-0.15, -0.1) is 0 Å². The molecular formula is C18H30N2O. The quantitative estimate of drug-likeness (QED) is 0.851. The Kier molecular flexibility index (Phi) is 6.04. The van der Waals surface area contributed by atoms with Gasteiger partial charge in [0, 0.05) is 18.3 Å². The van der Waals surface area contributed by atoms with Gasteiger partial charge in [-0.1, -0.05) is 27.2 Å². The molecule has 1 aliphatic rings. The predicted molar refractivity (Wildman–Crippen MR) is 87.6 cm³/mol. The third-order valence-corrected chi connectivity index (χ3v) is 4.41. The molecule has 1 fully saturated rings. The maximum atomic E-state index is 6.26. The number of hydrogen-bond acceptors (Lipinski definition) is 3. The van der Waals surface area contributed by atoms with Crippen LogP contribution in [0.2, 0.25) is 0 Å². The molecule has 1 aromatic rings. The van der Waals surface area contributed by atoms with Crippen LogP contribution in [-0.2, 0) is 6.54 Å². The molecule has 118 valence electrons. The third-order valence-electron chi connectivity index (χ3n) is 4.41. The molecule has 0 amide bonds. The first-order chi connectivity index (χ1) is 10.1. The number of rotatable bonds is 6. The first kappa shape index (κ1) is 16.3. The summed E-state index contributed by atoms with van der Waals surface area (Å²) in [7, 11) is 0. The van der Waals surface area contributed by atoms with E-state index in [1.807, 2.05) is 13.0 Å². The average Bonchev–Trinajstić information content (AvgIpc) is 2.48. The molecule has 0 atom stereocenters. The van der Waals surface area contributed by atoms with Gasteiger partial charge in [0.15, 0.2) is 0 Å². The first-order valence-electron chi connectivity index (χ1n) is 8.45. The average molecular weight is 290 g/mol. The summed E-state index contributed by atoms with van der Waals surface area (Å²) < 4.78 is 6.26. The highest BCUT2D eigenvalue weighted by Gasteiger charge is 2.22. The number of nitrogens with one attached hydrogen (secondary N) is 1. The van der Waals surface area contributed by atoms with Gasteiger partial charge in [-0.3, -0.25) is 4.98 Å². The molecule has 0 aromatic carbocycles. The van der Waals surface area contributed by atoms with Crippen molar-refractivity contribution in [3.63, 3.8) is 0 Å². The van der Waals surface area contributed by atoms with Crippen molar-refractivity contribution in [3.05, 3.63) is 23.5 Å². The van der Waals surface area contributed by atoms with Gasteiger partial charge in [0.25, 0.3) is 0 Å². The monoisotopic (exact) mass is 290 g/mol. The minimum atomic E-state index is 0.370. The third kappa shape index (κ3) is 4.99. The summed E-state index contributed by atoms with van der Waals surface area (Å²) in [6.45, 7) is 9.42. The van der Waals surface area contributed by atoms with Crippen LogP contribution in [0.5, 0.6) is 5.75 Å². The Labute approximate surface area is 129 Å². The molecule has 21 heavy (non-hydrogen) atoms. The summed E-state index contributed by atoms with van der Waals surface area (Å²) >= 11 is 0. The Bertz CT molecular complexity index is 437. The molecule has 3 heteroatoms. The molecule has 1 N–H and O–H groups in total. The van der Waals surface area contributed by atoms with Gasteiger partial charge in [0.2, 0.25) is 0 Å². The molecular weight excluding hydrogens is 260 g/mol. The number of aryl methyl sites for hydroxylation is 1. The summed E-state index contributed by atoms with van der Waals surface area (Å²) in [5.41, 5.74) is 2.10. The van der Waals surface area contributed by atoms with Crippen LogP contribution in [0.3, 0.4) is 0 Å². The number of pyridine rings is 1. The van der Waals surface area contributed by atoms with Crippen LogP contribution in [0.4, 0.5) is 0 Å². The van der Waals surface area contributed by atoms with E-state index in [0.717, 1.165) is 29.6 Å². The van der Waals surface area contributed by atoms with Gasteiger partial charge >= 0.3 is 0 Å². The molecule has 0 spiro atoms. The highest BCUT2D eigenvalue weighted by atomic mass is 16.5. The van der Waals surface area contributed by atoms with E-state index < -0.39 is 0 Å². The van der Waals surface area contributed by atoms with E-state index in [0.29, 0.717) is 12.1 Å². The summed E-state index contributed by atoms with van der Waals surface area (Å²) in [4.78, 5) is 4.65. The lowest BCUT2D eigenvalue weighted by molar-refractivity contribution is 0.128. The topological polar surface area (TPSA) is 34.1 Å². The Balaban J connectivity index is 1.98. The van der Waals surface area contributed by atoms with E-state index in [1.165, 1.54) is 32.1 Å². The molecule has 3 nitrogen and oxygen atoms in total. The van der Waals surface area contributed by atoms with Crippen molar-refractivity contribution >= 4 is 0 Å². The summed E-state index contributed by atoms with van der Waals surface area (Å²) in [6.07, 6.45) is 6.66. The van der Waals surface area contributed by atoms with Crippen LogP contribution in [-0.4, -0.2) is 17.1 Å².